The first-order valence-corrected chi connectivity index (χ1v) is 11.7. The number of amides is 1. The molecule has 1 amide bonds. The van der Waals surface area contributed by atoms with Crippen LogP contribution in [0.1, 0.15) is 5.56 Å². The third-order valence-corrected chi connectivity index (χ3v) is 6.55. The second-order valence-corrected chi connectivity index (χ2v) is 8.63. The van der Waals surface area contributed by atoms with Crippen molar-refractivity contribution in [3.05, 3.63) is 77.6 Å². The normalized spacial score (nSPS) is 15.7. The SMILES string of the molecule is CN1[N+]#Cc2ccccc2N2CCN(CC2)C(=O)CNc2c(nc3cnccn23)-c2ccc1cc2. The lowest BCUT2D eigenvalue weighted by Crippen LogP contribution is -2.50. The standard InChI is InChI=1S/C26H25N8O/c1-31-21-8-6-19(7-9-21)25-26(34-11-10-27-17-23(34)30-25)28-18-24(35)33-14-12-32(13-15-33)22-5-3-2-4-20(22)16-29-31/h2-11,17,28H,12-15,18H2,1H3/q+1. The van der Waals surface area contributed by atoms with E-state index >= 15 is 0 Å². The van der Waals surface area contributed by atoms with Gasteiger partial charge >= 0.3 is 6.07 Å². The fourth-order valence-corrected chi connectivity index (χ4v) is 4.61. The molecule has 0 unspecified atom stereocenters. The van der Waals surface area contributed by atoms with Gasteiger partial charge in [0, 0.05) is 44.1 Å². The number of piperazine rings is 1. The number of carbonyl (C=O) groups excluding carboxylic acids is 1. The number of nitrogens with one attached hydrogen (secondary N) is 1. The number of imidazole rings is 1. The van der Waals surface area contributed by atoms with Gasteiger partial charge < -0.3 is 15.1 Å². The molecule has 0 atom stereocenters. The van der Waals surface area contributed by atoms with E-state index in [-0.39, 0.29) is 12.5 Å². The molecule has 174 valence electrons. The van der Waals surface area contributed by atoms with Crippen molar-refractivity contribution in [2.75, 3.05) is 55.0 Å². The molecule has 4 bridgehead atoms. The zero-order valence-corrected chi connectivity index (χ0v) is 19.4. The Morgan fingerprint density at radius 2 is 1.77 bits per heavy atom. The predicted octanol–water partition coefficient (Wildman–Crippen LogP) is 3.20. The predicted molar refractivity (Wildman–Crippen MR) is 137 cm³/mol. The Bertz CT molecular complexity index is 1460. The van der Waals surface area contributed by atoms with Crippen LogP contribution in [0.15, 0.2) is 67.1 Å². The molecule has 1 saturated heterocycles. The van der Waals surface area contributed by atoms with Crippen LogP contribution in [0.5, 0.6) is 0 Å². The molecule has 1 fully saturated rings. The summed E-state index contributed by atoms with van der Waals surface area (Å²) < 4.78 is 1.93. The molecule has 0 spiro atoms. The lowest BCUT2D eigenvalue weighted by Gasteiger charge is -2.36. The molecule has 0 saturated carbocycles. The van der Waals surface area contributed by atoms with Crippen LogP contribution in [0, 0.1) is 6.07 Å². The van der Waals surface area contributed by atoms with Crippen LogP contribution < -0.4 is 15.2 Å². The fourth-order valence-electron chi connectivity index (χ4n) is 4.61. The van der Waals surface area contributed by atoms with E-state index in [2.05, 4.69) is 32.3 Å². The lowest BCUT2D eigenvalue weighted by molar-refractivity contribution is -0.129. The molecule has 35 heavy (non-hydrogen) atoms. The summed E-state index contributed by atoms with van der Waals surface area (Å²) in [4.78, 5) is 30.9. The number of anilines is 3. The van der Waals surface area contributed by atoms with Gasteiger partial charge in [0.1, 0.15) is 22.8 Å². The number of hydrogen-bond donors (Lipinski definition) is 1. The van der Waals surface area contributed by atoms with Crippen LogP contribution in [0.25, 0.3) is 21.9 Å². The lowest BCUT2D eigenvalue weighted by atomic mass is 10.1. The van der Waals surface area contributed by atoms with Crippen LogP contribution in [0.2, 0.25) is 0 Å². The molecule has 5 aliphatic heterocycles. The van der Waals surface area contributed by atoms with Crippen molar-refractivity contribution in [2.24, 2.45) is 0 Å². The summed E-state index contributed by atoms with van der Waals surface area (Å²) in [5, 5.41) is 5.17. The molecule has 0 aliphatic carbocycles. The summed E-state index contributed by atoms with van der Waals surface area (Å²) >= 11 is 0. The second kappa shape index (κ2) is 8.65. The molecular formula is C26H25N8O+. The van der Waals surface area contributed by atoms with Gasteiger partial charge in [0.25, 0.3) is 0 Å². The van der Waals surface area contributed by atoms with Crippen molar-refractivity contribution in [1.82, 2.24) is 19.3 Å². The van der Waals surface area contributed by atoms with Crippen molar-refractivity contribution < 1.29 is 4.79 Å². The van der Waals surface area contributed by atoms with Gasteiger partial charge in [-0.2, -0.15) is 0 Å². The second-order valence-electron chi connectivity index (χ2n) is 8.63. The van der Waals surface area contributed by atoms with E-state index in [1.807, 2.05) is 70.0 Å². The molecule has 9 heteroatoms. The Morgan fingerprint density at radius 1 is 1.00 bits per heavy atom. The van der Waals surface area contributed by atoms with Gasteiger partial charge in [-0.05, 0) is 29.3 Å². The van der Waals surface area contributed by atoms with E-state index in [0.29, 0.717) is 13.1 Å². The fraction of sp³-hybridized carbons (Fsp3) is 0.231. The molecule has 2 aromatic carbocycles. The Morgan fingerprint density at radius 3 is 2.60 bits per heavy atom. The first-order chi connectivity index (χ1) is 17.2. The average Bonchev–Trinajstić information content (AvgIpc) is 3.29. The zero-order valence-electron chi connectivity index (χ0n) is 19.4. The number of carbonyl (C=O) groups is 1. The van der Waals surface area contributed by atoms with E-state index in [0.717, 1.165) is 52.8 Å². The minimum absolute atomic E-state index is 0.0686. The summed E-state index contributed by atoms with van der Waals surface area (Å²) in [5.41, 5.74) is 5.37. The Kier molecular flexibility index (Phi) is 5.19. The maximum absolute atomic E-state index is 13.1. The summed E-state index contributed by atoms with van der Waals surface area (Å²) in [5.74, 6) is 0.844. The monoisotopic (exact) mass is 465 g/mol. The number of para-hydroxylation sites is 1. The van der Waals surface area contributed by atoms with Crippen molar-refractivity contribution in [1.29, 1.82) is 0 Å². The highest BCUT2D eigenvalue weighted by Gasteiger charge is 2.24. The van der Waals surface area contributed by atoms with Crippen molar-refractivity contribution in [2.45, 2.75) is 0 Å². The topological polar surface area (TPSA) is 73.4 Å². The maximum Gasteiger partial charge on any atom is 0.360 e. The molecule has 9 rings (SSSR count). The van der Waals surface area contributed by atoms with Gasteiger partial charge in [0.05, 0.1) is 30.4 Å². The molecule has 0 radical (unpaired) electrons. The smallest absolute Gasteiger partial charge is 0.360 e. The number of rotatable bonds is 0. The van der Waals surface area contributed by atoms with E-state index < -0.39 is 0 Å². The van der Waals surface area contributed by atoms with Gasteiger partial charge in [-0.1, -0.05) is 24.3 Å². The van der Waals surface area contributed by atoms with Gasteiger partial charge in [-0.25, -0.2) is 4.98 Å². The number of benzene rings is 2. The minimum Gasteiger partial charge on any atom is -0.367 e. The number of fused-ring (bicyclic) bond motifs is 1. The third kappa shape index (κ3) is 3.89. The van der Waals surface area contributed by atoms with Crippen LogP contribution in [-0.2, 0) is 4.79 Å². The van der Waals surface area contributed by atoms with Crippen LogP contribution in [0.3, 0.4) is 0 Å². The Labute approximate surface area is 203 Å². The molecule has 7 heterocycles. The molecule has 1 N–H and O–H groups in total. The van der Waals surface area contributed by atoms with Crippen molar-refractivity contribution in [3.8, 4) is 17.3 Å². The number of hydrogen-bond acceptors (Lipinski definition) is 6. The first-order valence-electron chi connectivity index (χ1n) is 11.7. The first kappa shape index (κ1) is 21.0. The Hall–Kier alpha value is -4.58. The Balaban J connectivity index is 1.44. The molecular weight excluding hydrogens is 440 g/mol. The van der Waals surface area contributed by atoms with Gasteiger partial charge in [-0.3, -0.25) is 14.2 Å². The number of nitrogens with zero attached hydrogens (tertiary/aromatic N) is 7. The molecule has 9 nitrogen and oxygen atoms in total. The number of aromatic nitrogens is 3. The van der Waals surface area contributed by atoms with Crippen molar-refractivity contribution >= 4 is 28.7 Å². The highest BCUT2D eigenvalue weighted by molar-refractivity contribution is 5.84. The largest absolute Gasteiger partial charge is 0.367 e. The average molecular weight is 466 g/mol. The summed E-state index contributed by atoms with van der Waals surface area (Å²) in [6.07, 6.45) is 5.29. The zero-order chi connectivity index (χ0) is 23.8. The van der Waals surface area contributed by atoms with E-state index in [4.69, 9.17) is 4.98 Å². The van der Waals surface area contributed by atoms with Gasteiger partial charge in [-0.15, -0.1) is 0 Å². The highest BCUT2D eigenvalue weighted by Crippen LogP contribution is 2.30. The maximum atomic E-state index is 13.1. The van der Waals surface area contributed by atoms with E-state index in [1.54, 1.807) is 12.4 Å². The third-order valence-electron chi connectivity index (χ3n) is 6.55. The van der Waals surface area contributed by atoms with Crippen LogP contribution in [0.4, 0.5) is 17.2 Å². The molecule has 2 aromatic heterocycles. The quantitative estimate of drug-likeness (QED) is 0.430. The summed E-state index contributed by atoms with van der Waals surface area (Å²) in [6, 6.07) is 19.4. The van der Waals surface area contributed by atoms with Crippen LogP contribution in [-0.4, -0.2) is 64.9 Å². The van der Waals surface area contributed by atoms with Crippen LogP contribution >= 0.6 is 0 Å². The highest BCUT2D eigenvalue weighted by atomic mass is 16.2. The van der Waals surface area contributed by atoms with Crippen molar-refractivity contribution in [3.63, 3.8) is 0 Å². The van der Waals surface area contributed by atoms with Gasteiger partial charge in [0.15, 0.2) is 5.65 Å². The minimum atomic E-state index is 0.0686. The molecule has 4 aromatic rings. The molecule has 5 aliphatic rings. The summed E-state index contributed by atoms with van der Waals surface area (Å²) in [7, 11) is 1.91. The van der Waals surface area contributed by atoms with E-state index in [9.17, 15) is 4.79 Å². The van der Waals surface area contributed by atoms with Gasteiger partial charge in [0.2, 0.25) is 5.91 Å². The van der Waals surface area contributed by atoms with E-state index in [1.165, 1.54) is 0 Å². The summed E-state index contributed by atoms with van der Waals surface area (Å²) in [6.45, 7) is 3.04.